The molecule has 0 atom stereocenters. The summed E-state index contributed by atoms with van der Waals surface area (Å²) in [5.41, 5.74) is 2.85. The van der Waals surface area contributed by atoms with Gasteiger partial charge in [-0.1, -0.05) is 46.4 Å². The Labute approximate surface area is 187 Å². The van der Waals surface area contributed by atoms with Gasteiger partial charge in [-0.25, -0.2) is 4.79 Å². The van der Waals surface area contributed by atoms with Crippen LogP contribution >= 0.6 is 46.4 Å². The minimum Gasteiger partial charge on any atom is -0.454 e. The van der Waals surface area contributed by atoms with E-state index in [1.54, 1.807) is 31.2 Å². The average Bonchev–Trinajstić information content (AvgIpc) is 2.98. The van der Waals surface area contributed by atoms with E-state index >= 15 is 0 Å². The summed E-state index contributed by atoms with van der Waals surface area (Å²) in [6, 6.07) is 11.4. The molecule has 0 bridgehead atoms. The molecule has 3 aromatic rings. The second-order valence-corrected chi connectivity index (χ2v) is 8.00. The molecular formula is C21H15Cl4NO3. The molecule has 0 aliphatic rings. The standard InChI is InChI=1S/C21H15Cl4NO3/c1-11-7-15(12(2)26(11)14-4-6-18(24)19(25)9-14)20(27)10-29-21(28)16-8-13(22)3-5-17(16)23/h3-9H,10H2,1-2H3. The average molecular weight is 471 g/mol. The molecule has 0 radical (unpaired) electrons. The third-order valence-corrected chi connectivity index (χ3v) is 5.68. The number of aromatic nitrogens is 1. The molecule has 0 amide bonds. The minimum absolute atomic E-state index is 0.105. The van der Waals surface area contributed by atoms with Gasteiger partial charge in [0.1, 0.15) is 0 Å². The van der Waals surface area contributed by atoms with Gasteiger partial charge in [-0.3, -0.25) is 4.79 Å². The lowest BCUT2D eigenvalue weighted by molar-refractivity contribution is 0.0474. The van der Waals surface area contributed by atoms with E-state index in [1.165, 1.54) is 12.1 Å². The fourth-order valence-corrected chi connectivity index (χ4v) is 3.67. The Balaban J connectivity index is 1.80. The number of aryl methyl sites for hydroxylation is 1. The number of esters is 1. The normalized spacial score (nSPS) is 10.8. The van der Waals surface area contributed by atoms with Gasteiger partial charge in [-0.05, 0) is 56.3 Å². The molecule has 0 saturated heterocycles. The number of carbonyl (C=O) groups excluding carboxylic acids is 2. The first kappa shape index (κ1) is 21.7. The second kappa shape index (κ2) is 8.80. The van der Waals surface area contributed by atoms with Crippen molar-refractivity contribution in [1.82, 2.24) is 4.57 Å². The minimum atomic E-state index is -0.718. The summed E-state index contributed by atoms with van der Waals surface area (Å²) in [5, 5.41) is 1.40. The predicted molar refractivity (Wildman–Crippen MR) is 116 cm³/mol. The smallest absolute Gasteiger partial charge is 0.340 e. The molecule has 8 heteroatoms. The van der Waals surface area contributed by atoms with Crippen LogP contribution in [0.1, 0.15) is 32.1 Å². The van der Waals surface area contributed by atoms with Crippen LogP contribution in [0.5, 0.6) is 0 Å². The lowest BCUT2D eigenvalue weighted by Gasteiger charge is -2.11. The van der Waals surface area contributed by atoms with Crippen molar-refractivity contribution in [2.75, 3.05) is 6.61 Å². The van der Waals surface area contributed by atoms with Crippen molar-refractivity contribution < 1.29 is 14.3 Å². The van der Waals surface area contributed by atoms with Gasteiger partial charge in [0.15, 0.2) is 6.61 Å². The Morgan fingerprint density at radius 2 is 1.55 bits per heavy atom. The molecule has 29 heavy (non-hydrogen) atoms. The number of nitrogens with zero attached hydrogens (tertiary/aromatic N) is 1. The molecule has 3 rings (SSSR count). The molecule has 1 aromatic heterocycles. The highest BCUT2D eigenvalue weighted by atomic mass is 35.5. The summed E-state index contributed by atoms with van der Waals surface area (Å²) >= 11 is 24.0. The highest BCUT2D eigenvalue weighted by molar-refractivity contribution is 6.42. The number of benzene rings is 2. The first-order chi connectivity index (χ1) is 13.7. The van der Waals surface area contributed by atoms with Gasteiger partial charge in [0.05, 0.1) is 20.6 Å². The first-order valence-corrected chi connectivity index (χ1v) is 10.00. The van der Waals surface area contributed by atoms with E-state index in [0.717, 1.165) is 11.4 Å². The summed E-state index contributed by atoms with van der Waals surface area (Å²) in [6.07, 6.45) is 0. The topological polar surface area (TPSA) is 48.3 Å². The van der Waals surface area contributed by atoms with Crippen LogP contribution in [-0.2, 0) is 4.74 Å². The highest BCUT2D eigenvalue weighted by Crippen LogP contribution is 2.28. The summed E-state index contributed by atoms with van der Waals surface area (Å²) in [6.45, 7) is 3.25. The molecule has 0 aliphatic heterocycles. The zero-order chi connectivity index (χ0) is 21.3. The summed E-state index contributed by atoms with van der Waals surface area (Å²) in [5.74, 6) is -1.06. The number of ether oxygens (including phenoxy) is 1. The van der Waals surface area contributed by atoms with E-state index in [0.29, 0.717) is 26.3 Å². The van der Waals surface area contributed by atoms with Crippen LogP contribution in [0.15, 0.2) is 42.5 Å². The lowest BCUT2D eigenvalue weighted by Crippen LogP contribution is -2.15. The maximum atomic E-state index is 12.7. The van der Waals surface area contributed by atoms with Gasteiger partial charge in [-0.15, -0.1) is 0 Å². The van der Waals surface area contributed by atoms with Crippen LogP contribution in [0.3, 0.4) is 0 Å². The van der Waals surface area contributed by atoms with E-state index in [2.05, 4.69) is 0 Å². The number of ketones is 1. The van der Waals surface area contributed by atoms with Crippen molar-refractivity contribution in [2.45, 2.75) is 13.8 Å². The van der Waals surface area contributed by atoms with Crippen LogP contribution in [0, 0.1) is 13.8 Å². The van der Waals surface area contributed by atoms with Gasteiger partial charge >= 0.3 is 5.97 Å². The van der Waals surface area contributed by atoms with Crippen molar-refractivity contribution in [3.63, 3.8) is 0 Å². The first-order valence-electron chi connectivity index (χ1n) is 8.48. The van der Waals surface area contributed by atoms with Gasteiger partial charge in [0.25, 0.3) is 0 Å². The quantitative estimate of drug-likeness (QED) is 0.306. The van der Waals surface area contributed by atoms with Crippen LogP contribution in [0.2, 0.25) is 20.1 Å². The third-order valence-electron chi connectivity index (χ3n) is 4.38. The largest absolute Gasteiger partial charge is 0.454 e. The van der Waals surface area contributed by atoms with E-state index in [9.17, 15) is 9.59 Å². The fourth-order valence-electron chi connectivity index (χ4n) is 3.01. The second-order valence-electron chi connectivity index (χ2n) is 6.34. The van der Waals surface area contributed by atoms with Crippen LogP contribution in [0.25, 0.3) is 5.69 Å². The van der Waals surface area contributed by atoms with Crippen LogP contribution < -0.4 is 0 Å². The number of carbonyl (C=O) groups is 2. The highest BCUT2D eigenvalue weighted by Gasteiger charge is 2.20. The van der Waals surface area contributed by atoms with Crippen LogP contribution in [-0.4, -0.2) is 22.9 Å². The zero-order valence-corrected chi connectivity index (χ0v) is 18.5. The summed E-state index contributed by atoms with van der Waals surface area (Å²) in [4.78, 5) is 24.9. The number of rotatable bonds is 5. The molecule has 150 valence electrons. The number of Topliss-reactive ketones (excluding diaryl/α,β-unsaturated/α-hetero) is 1. The number of hydrogen-bond donors (Lipinski definition) is 0. The Bertz CT molecular complexity index is 1120. The van der Waals surface area contributed by atoms with E-state index in [4.69, 9.17) is 51.1 Å². The molecule has 0 N–H and O–H groups in total. The van der Waals surface area contributed by atoms with Crippen LogP contribution in [0.4, 0.5) is 0 Å². The Morgan fingerprint density at radius 1 is 0.862 bits per heavy atom. The monoisotopic (exact) mass is 469 g/mol. The molecule has 0 spiro atoms. The summed E-state index contributed by atoms with van der Waals surface area (Å²) in [7, 11) is 0. The van der Waals surface area contributed by atoms with E-state index in [-0.39, 0.29) is 16.4 Å². The van der Waals surface area contributed by atoms with Gasteiger partial charge in [0.2, 0.25) is 5.78 Å². The molecule has 4 nitrogen and oxygen atoms in total. The Morgan fingerprint density at radius 3 is 2.24 bits per heavy atom. The number of hydrogen-bond acceptors (Lipinski definition) is 3. The molecule has 0 saturated carbocycles. The number of halogens is 4. The molecule has 0 aliphatic carbocycles. The van der Waals surface area contributed by atoms with E-state index in [1.807, 2.05) is 17.6 Å². The molecule has 1 heterocycles. The van der Waals surface area contributed by atoms with Gasteiger partial charge in [0, 0.05) is 27.7 Å². The van der Waals surface area contributed by atoms with Crippen molar-refractivity contribution in [1.29, 1.82) is 0 Å². The van der Waals surface area contributed by atoms with E-state index < -0.39 is 12.6 Å². The maximum absolute atomic E-state index is 12.7. The van der Waals surface area contributed by atoms with Gasteiger partial charge < -0.3 is 9.30 Å². The van der Waals surface area contributed by atoms with Crippen molar-refractivity contribution >= 4 is 58.2 Å². The molecule has 0 unspecified atom stereocenters. The maximum Gasteiger partial charge on any atom is 0.340 e. The SMILES string of the molecule is Cc1cc(C(=O)COC(=O)c2cc(Cl)ccc2Cl)c(C)n1-c1ccc(Cl)c(Cl)c1. The Hall–Kier alpha value is -1.98. The Kier molecular flexibility index (Phi) is 6.59. The van der Waals surface area contributed by atoms with Crippen molar-refractivity contribution in [3.05, 3.63) is 85.1 Å². The summed E-state index contributed by atoms with van der Waals surface area (Å²) < 4.78 is 7.03. The molecular weight excluding hydrogens is 456 g/mol. The fraction of sp³-hybridized carbons (Fsp3) is 0.143. The molecule has 2 aromatic carbocycles. The zero-order valence-electron chi connectivity index (χ0n) is 15.4. The van der Waals surface area contributed by atoms with Crippen molar-refractivity contribution in [3.8, 4) is 5.69 Å². The van der Waals surface area contributed by atoms with Crippen molar-refractivity contribution in [2.24, 2.45) is 0 Å². The third kappa shape index (κ3) is 4.62. The predicted octanol–water partition coefficient (Wildman–Crippen LogP) is 6.75. The molecule has 0 fully saturated rings. The van der Waals surface area contributed by atoms with Gasteiger partial charge in [-0.2, -0.15) is 0 Å². The lowest BCUT2D eigenvalue weighted by atomic mass is 10.1.